The van der Waals surface area contributed by atoms with E-state index in [9.17, 15) is 4.79 Å². The monoisotopic (exact) mass is 493 g/mol. The van der Waals surface area contributed by atoms with Gasteiger partial charge < -0.3 is 4.74 Å². The molecule has 0 aliphatic carbocycles. The molecule has 0 spiro atoms. The molecule has 5 nitrogen and oxygen atoms in total. The van der Waals surface area contributed by atoms with Gasteiger partial charge in [-0.05, 0) is 54.8 Å². The zero-order valence-electron chi connectivity index (χ0n) is 20.5. The number of aromatic nitrogens is 2. The van der Waals surface area contributed by atoms with E-state index in [0.717, 1.165) is 39.2 Å². The lowest BCUT2D eigenvalue weighted by atomic mass is 10.0. The van der Waals surface area contributed by atoms with Crippen LogP contribution in [0.1, 0.15) is 42.6 Å². The Kier molecular flexibility index (Phi) is 6.78. The van der Waals surface area contributed by atoms with Crippen molar-refractivity contribution in [3.63, 3.8) is 0 Å². The van der Waals surface area contributed by atoms with Gasteiger partial charge in [-0.3, -0.25) is 10.1 Å². The highest BCUT2D eigenvalue weighted by molar-refractivity contribution is 7.14. The van der Waals surface area contributed by atoms with Gasteiger partial charge in [0.2, 0.25) is 0 Å². The molecular weight excluding hydrogens is 466 g/mol. The molecule has 2 aromatic heterocycles. The number of carbonyl (C=O) groups excluding carboxylic acids is 1. The molecule has 1 N–H and O–H groups in total. The van der Waals surface area contributed by atoms with Gasteiger partial charge in [0.1, 0.15) is 5.75 Å². The number of pyridine rings is 1. The van der Waals surface area contributed by atoms with Gasteiger partial charge in [0.05, 0.1) is 29.1 Å². The summed E-state index contributed by atoms with van der Waals surface area (Å²) in [5.74, 6) is 1.07. The first-order chi connectivity index (χ1) is 17.5. The summed E-state index contributed by atoms with van der Waals surface area (Å²) >= 11 is 1.42. The van der Waals surface area contributed by atoms with Crippen molar-refractivity contribution in [2.75, 3.05) is 11.9 Å². The second kappa shape index (κ2) is 10.3. The van der Waals surface area contributed by atoms with E-state index >= 15 is 0 Å². The minimum Gasteiger partial charge on any atom is -0.494 e. The third-order valence-electron chi connectivity index (χ3n) is 6.02. The topological polar surface area (TPSA) is 64.1 Å². The van der Waals surface area contributed by atoms with Crippen molar-refractivity contribution in [3.8, 4) is 28.3 Å². The summed E-state index contributed by atoms with van der Waals surface area (Å²) in [5, 5.41) is 6.32. The predicted octanol–water partition coefficient (Wildman–Crippen LogP) is 7.80. The number of ether oxygens (including phenoxy) is 1. The molecule has 5 aromatic rings. The molecule has 0 unspecified atom stereocenters. The molecule has 0 fully saturated rings. The normalized spacial score (nSPS) is 11.1. The highest BCUT2D eigenvalue weighted by Crippen LogP contribution is 2.29. The second-order valence-corrected chi connectivity index (χ2v) is 9.66. The molecule has 3 aromatic carbocycles. The van der Waals surface area contributed by atoms with Gasteiger partial charge >= 0.3 is 0 Å². The van der Waals surface area contributed by atoms with Gasteiger partial charge in [0.25, 0.3) is 5.91 Å². The Morgan fingerprint density at radius 1 is 0.917 bits per heavy atom. The number of anilines is 1. The van der Waals surface area contributed by atoms with Gasteiger partial charge in [-0.1, -0.05) is 56.3 Å². The van der Waals surface area contributed by atoms with E-state index in [0.29, 0.717) is 23.2 Å². The standard InChI is InChI=1S/C30H27N3O2S/c1-4-35-23-15-13-21(14-16-23)27-17-25(24-7-5-6-8-26(24)31-27)29(34)33-30-32-28(18-36-30)22-11-9-20(10-12-22)19(2)3/h5-19H,4H2,1-3H3,(H,32,33,34). The van der Waals surface area contributed by atoms with Crippen molar-refractivity contribution >= 4 is 33.3 Å². The summed E-state index contributed by atoms with van der Waals surface area (Å²) in [4.78, 5) is 22.9. The smallest absolute Gasteiger partial charge is 0.258 e. The molecule has 0 radical (unpaired) electrons. The van der Waals surface area contributed by atoms with E-state index < -0.39 is 0 Å². The van der Waals surface area contributed by atoms with Crippen LogP contribution in [0, 0.1) is 0 Å². The SMILES string of the molecule is CCOc1ccc(-c2cc(C(=O)Nc3nc(-c4ccc(C(C)C)cc4)cs3)c3ccccc3n2)cc1. The zero-order chi connectivity index (χ0) is 25.1. The molecule has 0 aliphatic heterocycles. The Labute approximate surface area is 214 Å². The fourth-order valence-electron chi connectivity index (χ4n) is 4.07. The van der Waals surface area contributed by atoms with Gasteiger partial charge in [-0.2, -0.15) is 0 Å². The van der Waals surface area contributed by atoms with Gasteiger partial charge in [-0.15, -0.1) is 11.3 Å². The summed E-state index contributed by atoms with van der Waals surface area (Å²) in [7, 11) is 0. The second-order valence-electron chi connectivity index (χ2n) is 8.80. The lowest BCUT2D eigenvalue weighted by molar-refractivity contribution is 0.102. The Morgan fingerprint density at radius 3 is 2.33 bits per heavy atom. The average Bonchev–Trinajstić information content (AvgIpc) is 3.37. The van der Waals surface area contributed by atoms with Crippen molar-refractivity contribution in [1.29, 1.82) is 0 Å². The molecule has 1 amide bonds. The van der Waals surface area contributed by atoms with Crippen molar-refractivity contribution < 1.29 is 9.53 Å². The van der Waals surface area contributed by atoms with E-state index in [-0.39, 0.29) is 5.91 Å². The highest BCUT2D eigenvalue weighted by atomic mass is 32.1. The van der Waals surface area contributed by atoms with Crippen LogP contribution in [-0.2, 0) is 0 Å². The number of rotatable bonds is 7. The molecule has 5 rings (SSSR count). The van der Waals surface area contributed by atoms with Crippen molar-refractivity contribution in [1.82, 2.24) is 9.97 Å². The quantitative estimate of drug-likeness (QED) is 0.251. The van der Waals surface area contributed by atoms with E-state index in [1.807, 2.05) is 66.9 Å². The molecule has 6 heteroatoms. The molecule has 0 saturated carbocycles. The van der Waals surface area contributed by atoms with Crippen LogP contribution in [0.15, 0.2) is 84.2 Å². The predicted molar refractivity (Wildman–Crippen MR) is 148 cm³/mol. The van der Waals surface area contributed by atoms with E-state index in [1.54, 1.807) is 0 Å². The third-order valence-corrected chi connectivity index (χ3v) is 6.78. The maximum absolute atomic E-state index is 13.4. The highest BCUT2D eigenvalue weighted by Gasteiger charge is 2.16. The molecule has 0 saturated heterocycles. The van der Waals surface area contributed by atoms with Gasteiger partial charge in [0, 0.05) is 21.9 Å². The van der Waals surface area contributed by atoms with Gasteiger partial charge in [0.15, 0.2) is 5.13 Å². The number of fused-ring (bicyclic) bond motifs is 1. The number of nitrogens with one attached hydrogen (secondary N) is 1. The number of para-hydroxylation sites is 1. The fraction of sp³-hybridized carbons (Fsp3) is 0.167. The Balaban J connectivity index is 1.43. The molecular formula is C30H27N3O2S. The number of hydrogen-bond donors (Lipinski definition) is 1. The number of thiazole rings is 1. The zero-order valence-corrected chi connectivity index (χ0v) is 21.3. The van der Waals surface area contributed by atoms with Crippen LogP contribution < -0.4 is 10.1 Å². The maximum atomic E-state index is 13.4. The Hall–Kier alpha value is -4.03. The average molecular weight is 494 g/mol. The van der Waals surface area contributed by atoms with E-state index in [2.05, 4.69) is 48.4 Å². The molecule has 2 heterocycles. The summed E-state index contributed by atoms with van der Waals surface area (Å²) in [6.07, 6.45) is 0. The van der Waals surface area contributed by atoms with Crippen LogP contribution in [0.25, 0.3) is 33.4 Å². The van der Waals surface area contributed by atoms with Crippen LogP contribution in [0.5, 0.6) is 5.75 Å². The lowest BCUT2D eigenvalue weighted by Gasteiger charge is -2.10. The number of carbonyl (C=O) groups is 1. The largest absolute Gasteiger partial charge is 0.494 e. The van der Waals surface area contributed by atoms with E-state index in [1.165, 1.54) is 16.9 Å². The summed E-state index contributed by atoms with van der Waals surface area (Å²) in [6, 6.07) is 25.7. The Morgan fingerprint density at radius 2 is 1.61 bits per heavy atom. The summed E-state index contributed by atoms with van der Waals surface area (Å²) in [6.45, 7) is 6.92. The number of amides is 1. The Bertz CT molecular complexity index is 1510. The van der Waals surface area contributed by atoms with Crippen molar-refractivity contribution in [2.45, 2.75) is 26.7 Å². The lowest BCUT2D eigenvalue weighted by Crippen LogP contribution is -2.13. The minimum atomic E-state index is -0.211. The molecule has 0 bridgehead atoms. The van der Waals surface area contributed by atoms with Crippen LogP contribution in [0.4, 0.5) is 5.13 Å². The number of hydrogen-bond acceptors (Lipinski definition) is 5. The first kappa shape index (κ1) is 23.7. The van der Waals surface area contributed by atoms with E-state index in [4.69, 9.17) is 9.72 Å². The fourth-order valence-corrected chi connectivity index (χ4v) is 4.78. The van der Waals surface area contributed by atoms with Gasteiger partial charge in [-0.25, -0.2) is 9.97 Å². The van der Waals surface area contributed by atoms with Crippen LogP contribution in [-0.4, -0.2) is 22.5 Å². The summed E-state index contributed by atoms with van der Waals surface area (Å²) < 4.78 is 5.56. The molecule has 180 valence electrons. The van der Waals surface area contributed by atoms with Crippen LogP contribution in [0.2, 0.25) is 0 Å². The van der Waals surface area contributed by atoms with Crippen molar-refractivity contribution in [2.24, 2.45) is 0 Å². The van der Waals surface area contributed by atoms with Crippen LogP contribution >= 0.6 is 11.3 Å². The molecule has 0 aliphatic rings. The maximum Gasteiger partial charge on any atom is 0.258 e. The molecule has 0 atom stereocenters. The number of nitrogens with zero attached hydrogens (tertiary/aromatic N) is 2. The van der Waals surface area contributed by atoms with Crippen LogP contribution in [0.3, 0.4) is 0 Å². The first-order valence-corrected chi connectivity index (χ1v) is 12.9. The molecule has 36 heavy (non-hydrogen) atoms. The van der Waals surface area contributed by atoms with Crippen molar-refractivity contribution in [3.05, 3.63) is 95.4 Å². The third kappa shape index (κ3) is 4.99. The number of benzene rings is 3. The summed E-state index contributed by atoms with van der Waals surface area (Å²) in [5.41, 5.74) is 6.13. The first-order valence-electron chi connectivity index (χ1n) is 12.0. The minimum absolute atomic E-state index is 0.211.